The maximum absolute atomic E-state index is 12.2. The normalized spacial score (nSPS) is 14.3. The molecule has 112 valence electrons. The fourth-order valence-electron chi connectivity index (χ4n) is 2.30. The summed E-state index contributed by atoms with van der Waals surface area (Å²) in [6.07, 6.45) is 6.00. The zero-order valence-corrected chi connectivity index (χ0v) is 13.5. The molecule has 1 aromatic rings. The van der Waals surface area contributed by atoms with Crippen molar-refractivity contribution in [3.05, 3.63) is 10.4 Å². The van der Waals surface area contributed by atoms with E-state index in [1.165, 1.54) is 42.6 Å². The molecule has 1 amide bonds. The monoisotopic (exact) mass is 295 g/mol. The Morgan fingerprint density at radius 1 is 1.40 bits per heavy atom. The minimum absolute atomic E-state index is 0.0102. The van der Waals surface area contributed by atoms with E-state index in [4.69, 9.17) is 5.73 Å². The number of hydrogen-bond acceptors (Lipinski definition) is 4. The third-order valence-corrected chi connectivity index (χ3v) is 4.80. The molecule has 1 aliphatic rings. The van der Waals surface area contributed by atoms with Gasteiger partial charge in [0.15, 0.2) is 0 Å². The van der Waals surface area contributed by atoms with Gasteiger partial charge in [-0.2, -0.15) is 0 Å². The van der Waals surface area contributed by atoms with E-state index < -0.39 is 0 Å². The quantitative estimate of drug-likeness (QED) is 0.757. The van der Waals surface area contributed by atoms with E-state index >= 15 is 0 Å². The van der Waals surface area contributed by atoms with E-state index in [1.807, 2.05) is 0 Å². The summed E-state index contributed by atoms with van der Waals surface area (Å²) in [5.74, 6) is 0.569. The van der Waals surface area contributed by atoms with Crippen LogP contribution in [0.25, 0.3) is 0 Å². The van der Waals surface area contributed by atoms with Crippen molar-refractivity contribution in [1.29, 1.82) is 0 Å². The van der Waals surface area contributed by atoms with Crippen molar-refractivity contribution >= 4 is 27.9 Å². The molecule has 0 radical (unpaired) electrons. The Balaban J connectivity index is 2.17. The number of unbranched alkanes of at least 4 members (excludes halogenated alkanes) is 2. The van der Waals surface area contributed by atoms with Crippen molar-refractivity contribution in [1.82, 2.24) is 4.90 Å². The second-order valence-corrected chi connectivity index (χ2v) is 6.72. The van der Waals surface area contributed by atoms with Gasteiger partial charge in [-0.25, -0.2) is 0 Å². The van der Waals surface area contributed by atoms with Crippen molar-refractivity contribution in [2.75, 3.05) is 31.7 Å². The molecule has 5 heteroatoms. The molecular formula is C15H25N3OS. The summed E-state index contributed by atoms with van der Waals surface area (Å²) in [6, 6.07) is 0. The molecule has 20 heavy (non-hydrogen) atoms. The van der Waals surface area contributed by atoms with E-state index in [2.05, 4.69) is 12.2 Å². The summed E-state index contributed by atoms with van der Waals surface area (Å²) < 4.78 is 0. The smallest absolute Gasteiger partial charge is 0.265 e. The lowest BCUT2D eigenvalue weighted by Gasteiger charge is -2.08. The maximum Gasteiger partial charge on any atom is 0.265 e. The number of rotatable bonds is 7. The SMILES string of the molecule is CCCCCNc1sc(C(=O)N(C)C)c(N)c1C1CC1. The number of carbonyl (C=O) groups excluding carboxylic acids is 1. The van der Waals surface area contributed by atoms with Gasteiger partial charge in [0.25, 0.3) is 5.91 Å². The molecule has 1 saturated carbocycles. The van der Waals surface area contributed by atoms with Crippen LogP contribution in [-0.2, 0) is 0 Å². The molecule has 1 aliphatic carbocycles. The van der Waals surface area contributed by atoms with Gasteiger partial charge in [-0.05, 0) is 25.2 Å². The molecule has 4 nitrogen and oxygen atoms in total. The largest absolute Gasteiger partial charge is 0.397 e. The summed E-state index contributed by atoms with van der Waals surface area (Å²) in [5, 5.41) is 4.61. The third kappa shape index (κ3) is 3.26. The molecule has 0 atom stereocenters. The van der Waals surface area contributed by atoms with Crippen LogP contribution in [0.4, 0.5) is 10.7 Å². The first-order chi connectivity index (χ1) is 9.56. The number of carbonyl (C=O) groups is 1. The van der Waals surface area contributed by atoms with Crippen LogP contribution in [0, 0.1) is 0 Å². The van der Waals surface area contributed by atoms with Gasteiger partial charge in [-0.3, -0.25) is 4.79 Å². The van der Waals surface area contributed by atoms with E-state index in [9.17, 15) is 4.79 Å². The number of nitrogens with two attached hydrogens (primary N) is 1. The van der Waals surface area contributed by atoms with Gasteiger partial charge in [-0.1, -0.05) is 19.8 Å². The van der Waals surface area contributed by atoms with Crippen LogP contribution in [-0.4, -0.2) is 31.4 Å². The van der Waals surface area contributed by atoms with E-state index in [0.717, 1.165) is 18.0 Å². The number of nitrogens with zero attached hydrogens (tertiary/aromatic N) is 1. The number of thiophene rings is 1. The van der Waals surface area contributed by atoms with Crippen LogP contribution < -0.4 is 11.1 Å². The van der Waals surface area contributed by atoms with Gasteiger partial charge < -0.3 is 16.0 Å². The Morgan fingerprint density at radius 2 is 2.10 bits per heavy atom. The highest BCUT2D eigenvalue weighted by atomic mass is 32.1. The topological polar surface area (TPSA) is 58.4 Å². The molecular weight excluding hydrogens is 270 g/mol. The Morgan fingerprint density at radius 3 is 2.65 bits per heavy atom. The zero-order valence-electron chi connectivity index (χ0n) is 12.7. The van der Waals surface area contributed by atoms with Crippen molar-refractivity contribution < 1.29 is 4.79 Å². The van der Waals surface area contributed by atoms with Crippen molar-refractivity contribution in [2.24, 2.45) is 0 Å². The van der Waals surface area contributed by atoms with Crippen LogP contribution >= 0.6 is 11.3 Å². The van der Waals surface area contributed by atoms with E-state index in [-0.39, 0.29) is 5.91 Å². The van der Waals surface area contributed by atoms with Crippen LogP contribution in [0.15, 0.2) is 0 Å². The second kappa shape index (κ2) is 6.48. The van der Waals surface area contributed by atoms with Gasteiger partial charge in [0.1, 0.15) is 4.88 Å². The molecule has 0 unspecified atom stereocenters. The minimum Gasteiger partial charge on any atom is -0.397 e. The van der Waals surface area contributed by atoms with Crippen molar-refractivity contribution in [3.63, 3.8) is 0 Å². The second-order valence-electron chi connectivity index (χ2n) is 5.70. The summed E-state index contributed by atoms with van der Waals surface area (Å²) in [6.45, 7) is 3.16. The summed E-state index contributed by atoms with van der Waals surface area (Å²) in [4.78, 5) is 14.5. The summed E-state index contributed by atoms with van der Waals surface area (Å²) in [7, 11) is 3.54. The number of nitrogens with one attached hydrogen (secondary N) is 1. The van der Waals surface area contributed by atoms with Gasteiger partial charge in [0, 0.05) is 26.2 Å². The predicted molar refractivity (Wildman–Crippen MR) is 86.7 cm³/mol. The highest BCUT2D eigenvalue weighted by Crippen LogP contribution is 2.50. The molecule has 1 fully saturated rings. The number of anilines is 2. The predicted octanol–water partition coefficient (Wildman–Crippen LogP) is 3.51. The van der Waals surface area contributed by atoms with Crippen LogP contribution in [0.2, 0.25) is 0 Å². The van der Waals surface area contributed by atoms with Gasteiger partial charge in [0.05, 0.1) is 10.7 Å². The highest BCUT2D eigenvalue weighted by Gasteiger charge is 2.33. The van der Waals surface area contributed by atoms with Crippen molar-refractivity contribution in [3.8, 4) is 0 Å². The fourth-order valence-corrected chi connectivity index (χ4v) is 3.56. The molecule has 2 rings (SSSR count). The summed E-state index contributed by atoms with van der Waals surface area (Å²) in [5.41, 5.74) is 8.13. The molecule has 0 saturated heterocycles. The summed E-state index contributed by atoms with van der Waals surface area (Å²) >= 11 is 1.52. The number of nitrogen functional groups attached to an aromatic ring is 1. The van der Waals surface area contributed by atoms with Crippen LogP contribution in [0.5, 0.6) is 0 Å². The standard InChI is InChI=1S/C15H25N3OS/c1-4-5-6-9-17-14-11(10-7-8-10)12(16)13(20-14)15(19)18(2)3/h10,17H,4-9,16H2,1-3H3. The number of amides is 1. The Labute approximate surface area is 125 Å². The lowest BCUT2D eigenvalue weighted by molar-refractivity contribution is 0.0833. The molecule has 0 aromatic carbocycles. The Hall–Kier alpha value is -1.23. The molecule has 0 spiro atoms. The average Bonchev–Trinajstić information content (AvgIpc) is 3.19. The maximum atomic E-state index is 12.2. The Bertz CT molecular complexity index is 478. The van der Waals surface area contributed by atoms with Gasteiger partial charge in [0.2, 0.25) is 0 Å². The fraction of sp³-hybridized carbons (Fsp3) is 0.667. The van der Waals surface area contributed by atoms with Gasteiger partial charge >= 0.3 is 0 Å². The Kier molecular flexibility index (Phi) is 4.91. The molecule has 3 N–H and O–H groups in total. The first-order valence-corrected chi connectivity index (χ1v) is 8.25. The van der Waals surface area contributed by atoms with Crippen molar-refractivity contribution in [2.45, 2.75) is 44.9 Å². The van der Waals surface area contributed by atoms with E-state index in [1.54, 1.807) is 19.0 Å². The average molecular weight is 295 g/mol. The molecule has 0 bridgehead atoms. The van der Waals surface area contributed by atoms with Crippen LogP contribution in [0.3, 0.4) is 0 Å². The number of hydrogen-bond donors (Lipinski definition) is 2. The first-order valence-electron chi connectivity index (χ1n) is 7.43. The highest BCUT2D eigenvalue weighted by molar-refractivity contribution is 7.18. The lowest BCUT2D eigenvalue weighted by atomic mass is 10.1. The third-order valence-electron chi connectivity index (χ3n) is 3.64. The molecule has 1 aromatic heterocycles. The van der Waals surface area contributed by atoms with E-state index in [0.29, 0.717) is 16.5 Å². The van der Waals surface area contributed by atoms with Gasteiger partial charge in [-0.15, -0.1) is 11.3 Å². The van der Waals surface area contributed by atoms with Crippen LogP contribution in [0.1, 0.15) is 60.2 Å². The first kappa shape index (κ1) is 15.2. The lowest BCUT2D eigenvalue weighted by Crippen LogP contribution is -2.21. The molecule has 1 heterocycles. The zero-order chi connectivity index (χ0) is 14.7. The minimum atomic E-state index is 0.0102. The molecule has 0 aliphatic heterocycles.